The summed E-state index contributed by atoms with van der Waals surface area (Å²) in [6.45, 7) is 4.01. The van der Waals surface area contributed by atoms with Crippen molar-refractivity contribution in [3.63, 3.8) is 0 Å². The highest BCUT2D eigenvalue weighted by molar-refractivity contribution is 5.92. The van der Waals surface area contributed by atoms with Crippen LogP contribution in [0.5, 0.6) is 0 Å². The Kier molecular flexibility index (Phi) is 3.69. The van der Waals surface area contributed by atoms with Crippen molar-refractivity contribution in [2.45, 2.75) is 32.9 Å². The second-order valence-electron chi connectivity index (χ2n) is 5.01. The molecule has 0 saturated carbocycles. The van der Waals surface area contributed by atoms with E-state index in [0.717, 1.165) is 16.7 Å². The lowest BCUT2D eigenvalue weighted by Crippen LogP contribution is -2.48. The molecule has 4 nitrogen and oxygen atoms in total. The summed E-state index contributed by atoms with van der Waals surface area (Å²) in [5.74, 6) is -1.19. The Morgan fingerprint density at radius 3 is 2.47 bits per heavy atom. The number of allylic oxidation sites excluding steroid dienone is 1. The zero-order valence-corrected chi connectivity index (χ0v) is 11.1. The second-order valence-corrected chi connectivity index (χ2v) is 5.01. The molecule has 1 atom stereocenters. The Bertz CT molecular complexity index is 544. The summed E-state index contributed by atoms with van der Waals surface area (Å²) in [6.07, 6.45) is 1.86. The third kappa shape index (κ3) is 2.84. The normalized spacial score (nSPS) is 17.6. The van der Waals surface area contributed by atoms with Crippen molar-refractivity contribution in [3.8, 4) is 0 Å². The predicted octanol–water partition coefficient (Wildman–Crippen LogP) is 1.99. The number of nitrogens with zero attached hydrogens (tertiary/aromatic N) is 1. The van der Waals surface area contributed by atoms with Crippen LogP contribution in [0, 0.1) is 0 Å². The van der Waals surface area contributed by atoms with E-state index in [1.807, 2.05) is 38.1 Å². The number of fused-ring (bicyclic) bond motifs is 1. The first-order chi connectivity index (χ1) is 8.99. The highest BCUT2D eigenvalue weighted by atomic mass is 16.4. The maximum absolute atomic E-state index is 12.1. The van der Waals surface area contributed by atoms with Gasteiger partial charge in [-0.3, -0.25) is 4.79 Å². The van der Waals surface area contributed by atoms with Gasteiger partial charge in [0.05, 0.1) is 0 Å². The molecule has 0 saturated heterocycles. The van der Waals surface area contributed by atoms with Crippen LogP contribution in [0.2, 0.25) is 0 Å². The van der Waals surface area contributed by atoms with E-state index >= 15 is 0 Å². The average Bonchev–Trinajstić information content (AvgIpc) is 2.36. The zero-order valence-electron chi connectivity index (χ0n) is 11.1. The summed E-state index contributed by atoms with van der Waals surface area (Å²) >= 11 is 0. The van der Waals surface area contributed by atoms with E-state index in [9.17, 15) is 14.7 Å². The monoisotopic (exact) mass is 259 g/mol. The fraction of sp³-hybridized carbons (Fsp3) is 0.333. The van der Waals surface area contributed by atoms with Crippen LogP contribution in [0.4, 0.5) is 0 Å². The molecule has 0 fully saturated rings. The summed E-state index contributed by atoms with van der Waals surface area (Å²) in [6, 6.07) is 6.89. The smallest absolute Gasteiger partial charge is 0.326 e. The molecule has 1 amide bonds. The molecule has 0 bridgehead atoms. The van der Waals surface area contributed by atoms with Gasteiger partial charge in [-0.15, -0.1) is 0 Å². The highest BCUT2D eigenvalue weighted by Crippen LogP contribution is 2.24. The van der Waals surface area contributed by atoms with Crippen LogP contribution in [0.25, 0.3) is 0 Å². The zero-order chi connectivity index (χ0) is 14.0. The van der Waals surface area contributed by atoms with Gasteiger partial charge in [-0.2, -0.15) is 0 Å². The summed E-state index contributed by atoms with van der Waals surface area (Å²) in [5.41, 5.74) is 2.90. The van der Waals surface area contributed by atoms with Crippen molar-refractivity contribution < 1.29 is 14.7 Å². The first kappa shape index (κ1) is 13.3. The number of carbonyl (C=O) groups excluding carboxylic acids is 1. The number of hydrogen-bond donors (Lipinski definition) is 1. The number of carboxylic acids is 1. The molecule has 1 aromatic rings. The Hall–Kier alpha value is -2.10. The SMILES string of the molecule is CC(C)=CC(=O)N1Cc2ccccc2C[C@H]1C(=O)O. The fourth-order valence-electron chi connectivity index (χ4n) is 2.31. The van der Waals surface area contributed by atoms with Crippen LogP contribution in [0.3, 0.4) is 0 Å². The molecule has 4 heteroatoms. The molecule has 1 aliphatic rings. The number of amides is 1. The minimum Gasteiger partial charge on any atom is -0.480 e. The molecule has 0 unspecified atom stereocenters. The van der Waals surface area contributed by atoms with E-state index in [1.54, 1.807) is 0 Å². The quantitative estimate of drug-likeness (QED) is 0.826. The number of hydrogen-bond acceptors (Lipinski definition) is 2. The Balaban J connectivity index is 2.34. The molecule has 1 heterocycles. The lowest BCUT2D eigenvalue weighted by atomic mass is 9.94. The second kappa shape index (κ2) is 5.26. The third-order valence-corrected chi connectivity index (χ3v) is 3.23. The summed E-state index contributed by atoms with van der Waals surface area (Å²) in [4.78, 5) is 24.9. The number of carbonyl (C=O) groups is 2. The first-order valence-electron chi connectivity index (χ1n) is 6.24. The Morgan fingerprint density at radius 1 is 1.26 bits per heavy atom. The van der Waals surface area contributed by atoms with Crippen LogP contribution in [0.15, 0.2) is 35.9 Å². The van der Waals surface area contributed by atoms with Crippen LogP contribution in [0.1, 0.15) is 25.0 Å². The average molecular weight is 259 g/mol. The van der Waals surface area contributed by atoms with Crippen LogP contribution in [-0.4, -0.2) is 27.9 Å². The largest absolute Gasteiger partial charge is 0.480 e. The van der Waals surface area contributed by atoms with Gasteiger partial charge in [0.25, 0.3) is 0 Å². The van der Waals surface area contributed by atoms with Gasteiger partial charge < -0.3 is 10.0 Å². The van der Waals surface area contributed by atoms with E-state index < -0.39 is 12.0 Å². The maximum atomic E-state index is 12.1. The minimum atomic E-state index is -0.954. The van der Waals surface area contributed by atoms with Crippen LogP contribution >= 0.6 is 0 Å². The summed E-state index contributed by atoms with van der Waals surface area (Å²) in [7, 11) is 0. The molecule has 0 radical (unpaired) electrons. The first-order valence-corrected chi connectivity index (χ1v) is 6.24. The highest BCUT2D eigenvalue weighted by Gasteiger charge is 2.33. The fourth-order valence-corrected chi connectivity index (χ4v) is 2.31. The van der Waals surface area contributed by atoms with Crippen LogP contribution in [-0.2, 0) is 22.6 Å². The van der Waals surface area contributed by atoms with Gasteiger partial charge in [0.1, 0.15) is 6.04 Å². The minimum absolute atomic E-state index is 0.234. The molecular weight excluding hydrogens is 242 g/mol. The van der Waals surface area contributed by atoms with Crippen molar-refractivity contribution in [2.24, 2.45) is 0 Å². The van der Waals surface area contributed by atoms with Crippen molar-refractivity contribution in [2.75, 3.05) is 0 Å². The Labute approximate surface area is 112 Å². The molecule has 0 aromatic heterocycles. The van der Waals surface area contributed by atoms with Gasteiger partial charge in [-0.05, 0) is 25.0 Å². The van der Waals surface area contributed by atoms with Crippen molar-refractivity contribution in [3.05, 3.63) is 47.0 Å². The van der Waals surface area contributed by atoms with Gasteiger partial charge in [0.15, 0.2) is 0 Å². The van der Waals surface area contributed by atoms with Gasteiger partial charge >= 0.3 is 5.97 Å². The molecule has 1 aliphatic heterocycles. The van der Waals surface area contributed by atoms with E-state index in [1.165, 1.54) is 11.0 Å². The molecule has 19 heavy (non-hydrogen) atoms. The van der Waals surface area contributed by atoms with E-state index in [0.29, 0.717) is 13.0 Å². The molecule has 0 spiro atoms. The molecule has 1 aromatic carbocycles. The third-order valence-electron chi connectivity index (χ3n) is 3.23. The molecular formula is C15H17NO3. The summed E-state index contributed by atoms with van der Waals surface area (Å²) < 4.78 is 0. The predicted molar refractivity (Wildman–Crippen MR) is 71.6 cm³/mol. The molecule has 0 aliphatic carbocycles. The van der Waals surface area contributed by atoms with Gasteiger partial charge in [-0.1, -0.05) is 29.8 Å². The van der Waals surface area contributed by atoms with Crippen LogP contribution < -0.4 is 0 Å². The molecule has 2 rings (SSSR count). The van der Waals surface area contributed by atoms with E-state index in [2.05, 4.69) is 0 Å². The van der Waals surface area contributed by atoms with Gasteiger partial charge in [-0.25, -0.2) is 4.79 Å². The number of benzene rings is 1. The van der Waals surface area contributed by atoms with Gasteiger partial charge in [0, 0.05) is 19.0 Å². The molecule has 1 N–H and O–H groups in total. The lowest BCUT2D eigenvalue weighted by Gasteiger charge is -2.33. The van der Waals surface area contributed by atoms with E-state index in [-0.39, 0.29) is 5.91 Å². The maximum Gasteiger partial charge on any atom is 0.326 e. The topological polar surface area (TPSA) is 57.6 Å². The number of carboxylic acid groups (broad SMARTS) is 1. The van der Waals surface area contributed by atoms with Crippen molar-refractivity contribution in [1.82, 2.24) is 4.90 Å². The Morgan fingerprint density at radius 2 is 1.89 bits per heavy atom. The van der Waals surface area contributed by atoms with Crippen molar-refractivity contribution in [1.29, 1.82) is 0 Å². The van der Waals surface area contributed by atoms with E-state index in [4.69, 9.17) is 0 Å². The van der Waals surface area contributed by atoms with Gasteiger partial charge in [0.2, 0.25) is 5.91 Å². The van der Waals surface area contributed by atoms with Crippen molar-refractivity contribution >= 4 is 11.9 Å². The number of aliphatic carboxylic acids is 1. The summed E-state index contributed by atoms with van der Waals surface area (Å²) in [5, 5.41) is 9.30. The lowest BCUT2D eigenvalue weighted by molar-refractivity contribution is -0.149. The standard InChI is InChI=1S/C15H17NO3/c1-10(2)7-14(17)16-9-12-6-4-3-5-11(12)8-13(16)15(18)19/h3-7,13H,8-9H2,1-2H3,(H,18,19)/t13-/m0/s1. The number of rotatable bonds is 2. The molecule has 100 valence electrons.